The van der Waals surface area contributed by atoms with Gasteiger partial charge in [-0.15, -0.1) is 0 Å². The maximum absolute atomic E-state index is 11.8. The number of hydrogen-bond acceptors (Lipinski definition) is 3. The lowest BCUT2D eigenvalue weighted by Crippen LogP contribution is -2.25. The first-order chi connectivity index (χ1) is 9.02. The second-order valence-corrected chi connectivity index (χ2v) is 6.62. The molecule has 1 rings (SSSR count). The quantitative estimate of drug-likeness (QED) is 0.677. The van der Waals surface area contributed by atoms with Crippen molar-refractivity contribution in [1.82, 2.24) is 0 Å². The molecule has 0 unspecified atom stereocenters. The Morgan fingerprint density at radius 1 is 1.05 bits per heavy atom. The normalized spacial score (nSPS) is 12.1. The lowest BCUT2D eigenvalue weighted by molar-refractivity contribution is -0.143. The fourth-order valence-electron chi connectivity index (χ4n) is 1.71. The van der Waals surface area contributed by atoms with Gasteiger partial charge in [0.2, 0.25) is 0 Å². The molecule has 0 heterocycles. The standard InChI is InChI=1S/C16H22O4/c1-15(2,3)14(19)20-12-8-6-11(7-9-12)16(4,5)10-13(17)18/h6-9H,10H2,1-5H3,(H,17,18). The fraction of sp³-hybridized carbons (Fsp3) is 0.500. The number of carbonyl (C=O) groups is 2. The van der Waals surface area contributed by atoms with Crippen LogP contribution in [-0.4, -0.2) is 17.0 Å². The number of hydrogen-bond donors (Lipinski definition) is 1. The van der Waals surface area contributed by atoms with Gasteiger partial charge in [0, 0.05) is 5.41 Å². The fourth-order valence-corrected chi connectivity index (χ4v) is 1.71. The zero-order valence-electron chi connectivity index (χ0n) is 12.7. The largest absolute Gasteiger partial charge is 0.481 e. The number of rotatable bonds is 4. The lowest BCUT2D eigenvalue weighted by Gasteiger charge is -2.23. The number of carboxylic acid groups (broad SMARTS) is 1. The van der Waals surface area contributed by atoms with Crippen molar-refractivity contribution in [1.29, 1.82) is 0 Å². The van der Waals surface area contributed by atoms with Crippen molar-refractivity contribution in [2.75, 3.05) is 0 Å². The SMILES string of the molecule is CC(C)(C)C(=O)Oc1ccc(C(C)(C)CC(=O)O)cc1. The topological polar surface area (TPSA) is 63.6 Å². The molecule has 0 aliphatic rings. The zero-order valence-corrected chi connectivity index (χ0v) is 12.7. The minimum atomic E-state index is -0.835. The van der Waals surface area contributed by atoms with E-state index < -0.39 is 16.8 Å². The molecule has 0 aliphatic carbocycles. The Kier molecular flexibility index (Phi) is 4.58. The van der Waals surface area contributed by atoms with Crippen molar-refractivity contribution in [2.45, 2.75) is 46.5 Å². The minimum Gasteiger partial charge on any atom is -0.481 e. The summed E-state index contributed by atoms with van der Waals surface area (Å²) in [4.78, 5) is 22.6. The first-order valence-corrected chi connectivity index (χ1v) is 6.57. The van der Waals surface area contributed by atoms with E-state index in [2.05, 4.69) is 0 Å². The van der Waals surface area contributed by atoms with E-state index in [9.17, 15) is 9.59 Å². The summed E-state index contributed by atoms with van der Waals surface area (Å²) in [5.41, 5.74) is -0.116. The summed E-state index contributed by atoms with van der Waals surface area (Å²) in [6.07, 6.45) is 0.0497. The Hall–Kier alpha value is -1.84. The number of ether oxygens (including phenoxy) is 1. The number of benzene rings is 1. The Balaban J connectivity index is 2.84. The molecular weight excluding hydrogens is 256 g/mol. The van der Waals surface area contributed by atoms with Crippen molar-refractivity contribution in [3.63, 3.8) is 0 Å². The van der Waals surface area contributed by atoms with Crippen LogP contribution in [0, 0.1) is 5.41 Å². The van der Waals surface area contributed by atoms with E-state index in [4.69, 9.17) is 9.84 Å². The van der Waals surface area contributed by atoms with Crippen LogP contribution in [0.15, 0.2) is 24.3 Å². The van der Waals surface area contributed by atoms with Crippen molar-refractivity contribution in [2.24, 2.45) is 5.41 Å². The molecule has 110 valence electrons. The molecule has 0 amide bonds. The Labute approximate surface area is 119 Å². The van der Waals surface area contributed by atoms with Gasteiger partial charge in [0.25, 0.3) is 0 Å². The third kappa shape index (κ3) is 4.37. The minimum absolute atomic E-state index is 0.0497. The molecule has 0 atom stereocenters. The van der Waals surface area contributed by atoms with Crippen molar-refractivity contribution >= 4 is 11.9 Å². The van der Waals surface area contributed by atoms with Gasteiger partial charge in [-0.05, 0) is 38.5 Å². The summed E-state index contributed by atoms with van der Waals surface area (Å²) < 4.78 is 5.27. The van der Waals surface area contributed by atoms with Crippen LogP contribution in [0.5, 0.6) is 5.75 Å². The Morgan fingerprint density at radius 2 is 1.55 bits per heavy atom. The molecule has 4 nitrogen and oxygen atoms in total. The van der Waals surface area contributed by atoms with Crippen molar-refractivity contribution in [3.05, 3.63) is 29.8 Å². The summed E-state index contributed by atoms with van der Waals surface area (Å²) >= 11 is 0. The molecule has 1 N–H and O–H groups in total. The first kappa shape index (κ1) is 16.2. The summed E-state index contributed by atoms with van der Waals surface area (Å²) in [6.45, 7) is 9.12. The molecule has 0 aliphatic heterocycles. The first-order valence-electron chi connectivity index (χ1n) is 6.57. The maximum Gasteiger partial charge on any atom is 0.316 e. The van der Waals surface area contributed by atoms with Crippen molar-refractivity contribution in [3.8, 4) is 5.75 Å². The number of carboxylic acids is 1. The molecule has 1 aromatic rings. The Morgan fingerprint density at radius 3 is 1.95 bits per heavy atom. The summed E-state index contributed by atoms with van der Waals surface area (Å²) in [6, 6.07) is 6.99. The van der Waals surface area contributed by atoms with E-state index in [-0.39, 0.29) is 12.4 Å². The highest BCUT2D eigenvalue weighted by atomic mass is 16.5. The molecule has 20 heavy (non-hydrogen) atoms. The van der Waals surface area contributed by atoms with Crippen LogP contribution in [-0.2, 0) is 15.0 Å². The maximum atomic E-state index is 11.8. The average molecular weight is 278 g/mol. The molecule has 0 fully saturated rings. The van der Waals surface area contributed by atoms with Gasteiger partial charge in [0.1, 0.15) is 5.75 Å². The van der Waals surface area contributed by atoms with Gasteiger partial charge in [0.15, 0.2) is 0 Å². The van der Waals surface area contributed by atoms with E-state index in [1.807, 2.05) is 13.8 Å². The molecule has 0 saturated carbocycles. The molecule has 0 aromatic heterocycles. The van der Waals surface area contributed by atoms with Gasteiger partial charge in [-0.1, -0.05) is 26.0 Å². The van der Waals surface area contributed by atoms with Gasteiger partial charge in [-0.25, -0.2) is 0 Å². The molecule has 0 saturated heterocycles. The third-order valence-electron chi connectivity index (χ3n) is 3.05. The monoisotopic (exact) mass is 278 g/mol. The number of aliphatic carboxylic acids is 1. The number of esters is 1. The van der Waals surface area contributed by atoms with Crippen LogP contribution >= 0.6 is 0 Å². The number of carbonyl (C=O) groups excluding carboxylic acids is 1. The molecular formula is C16H22O4. The van der Waals surface area contributed by atoms with Crippen LogP contribution in [0.1, 0.15) is 46.6 Å². The van der Waals surface area contributed by atoms with E-state index in [1.165, 1.54) is 0 Å². The predicted molar refractivity (Wildman–Crippen MR) is 76.8 cm³/mol. The van der Waals surface area contributed by atoms with E-state index >= 15 is 0 Å². The summed E-state index contributed by atoms with van der Waals surface area (Å²) in [5, 5.41) is 8.90. The van der Waals surface area contributed by atoms with Crippen LogP contribution in [0.4, 0.5) is 0 Å². The van der Waals surface area contributed by atoms with Gasteiger partial charge in [-0.2, -0.15) is 0 Å². The van der Waals surface area contributed by atoms with Crippen LogP contribution < -0.4 is 4.74 Å². The highest BCUT2D eigenvalue weighted by Crippen LogP contribution is 2.29. The highest BCUT2D eigenvalue weighted by Gasteiger charge is 2.25. The third-order valence-corrected chi connectivity index (χ3v) is 3.05. The second kappa shape index (κ2) is 5.65. The van der Waals surface area contributed by atoms with Gasteiger partial charge < -0.3 is 9.84 Å². The summed E-state index contributed by atoms with van der Waals surface area (Å²) in [5.74, 6) is -0.659. The summed E-state index contributed by atoms with van der Waals surface area (Å²) in [7, 11) is 0. The molecule has 0 spiro atoms. The van der Waals surface area contributed by atoms with Gasteiger partial charge in [-0.3, -0.25) is 9.59 Å². The molecule has 4 heteroatoms. The van der Waals surface area contributed by atoms with E-state index in [0.29, 0.717) is 5.75 Å². The second-order valence-electron chi connectivity index (χ2n) is 6.62. The predicted octanol–water partition coefficient (Wildman–Crippen LogP) is 3.39. The molecule has 0 radical (unpaired) electrons. The smallest absolute Gasteiger partial charge is 0.316 e. The van der Waals surface area contributed by atoms with Crippen molar-refractivity contribution < 1.29 is 19.4 Å². The van der Waals surface area contributed by atoms with Gasteiger partial charge in [0.05, 0.1) is 11.8 Å². The zero-order chi connectivity index (χ0) is 15.6. The van der Waals surface area contributed by atoms with E-state index in [0.717, 1.165) is 5.56 Å². The lowest BCUT2D eigenvalue weighted by atomic mass is 9.81. The van der Waals surface area contributed by atoms with Gasteiger partial charge >= 0.3 is 11.9 Å². The van der Waals surface area contributed by atoms with Crippen LogP contribution in [0.3, 0.4) is 0 Å². The highest BCUT2D eigenvalue weighted by molar-refractivity contribution is 5.77. The van der Waals surface area contributed by atoms with E-state index in [1.54, 1.807) is 45.0 Å². The Bertz CT molecular complexity index is 492. The molecule has 0 bridgehead atoms. The van der Waals surface area contributed by atoms with Crippen LogP contribution in [0.25, 0.3) is 0 Å². The average Bonchev–Trinajstić information content (AvgIpc) is 2.26. The van der Waals surface area contributed by atoms with Crippen LogP contribution in [0.2, 0.25) is 0 Å². The molecule has 1 aromatic carbocycles.